The van der Waals surface area contributed by atoms with E-state index in [0.29, 0.717) is 18.8 Å². The van der Waals surface area contributed by atoms with E-state index in [2.05, 4.69) is 21.2 Å². The first-order chi connectivity index (χ1) is 9.97. The Labute approximate surface area is 131 Å². The monoisotopic (exact) mass is 356 g/mol. The zero-order valence-corrected chi connectivity index (χ0v) is 13.2. The molecule has 1 amide bonds. The lowest BCUT2D eigenvalue weighted by atomic mass is 10.2. The second-order valence-electron chi connectivity index (χ2n) is 4.93. The number of nitrogens with zero attached hydrogens (tertiary/aromatic N) is 1. The molecule has 1 aromatic rings. The van der Waals surface area contributed by atoms with Gasteiger partial charge in [-0.15, -0.1) is 0 Å². The predicted octanol–water partition coefficient (Wildman–Crippen LogP) is 1.48. The second-order valence-corrected chi connectivity index (χ2v) is 5.79. The lowest BCUT2D eigenvalue weighted by Crippen LogP contribution is -2.52. The van der Waals surface area contributed by atoms with Gasteiger partial charge in [0.1, 0.15) is 6.04 Å². The highest BCUT2D eigenvalue weighted by atomic mass is 79.9. The maximum Gasteiger partial charge on any atom is 0.323 e. The molecule has 0 spiro atoms. The first kappa shape index (κ1) is 15.9. The van der Waals surface area contributed by atoms with Crippen molar-refractivity contribution in [3.05, 3.63) is 28.2 Å². The summed E-state index contributed by atoms with van der Waals surface area (Å²) in [7, 11) is 0. The van der Waals surface area contributed by atoms with Crippen LogP contribution < -0.4 is 5.32 Å². The van der Waals surface area contributed by atoms with Crippen molar-refractivity contribution in [3.63, 3.8) is 0 Å². The summed E-state index contributed by atoms with van der Waals surface area (Å²) >= 11 is 3.39. The molecule has 114 valence electrons. The molecule has 1 aromatic carbocycles. The number of carboxylic acids is 1. The number of hydrogen-bond donors (Lipinski definition) is 2. The van der Waals surface area contributed by atoms with Crippen molar-refractivity contribution in [3.8, 4) is 0 Å². The highest BCUT2D eigenvalue weighted by Crippen LogP contribution is 2.23. The fourth-order valence-corrected chi connectivity index (χ4v) is 2.74. The van der Waals surface area contributed by atoms with E-state index in [1.165, 1.54) is 0 Å². The van der Waals surface area contributed by atoms with Crippen molar-refractivity contribution in [2.75, 3.05) is 31.6 Å². The van der Waals surface area contributed by atoms with E-state index in [1.54, 1.807) is 4.90 Å². The van der Waals surface area contributed by atoms with E-state index in [9.17, 15) is 9.59 Å². The van der Waals surface area contributed by atoms with E-state index >= 15 is 0 Å². The van der Waals surface area contributed by atoms with Gasteiger partial charge in [-0.05, 0) is 40.5 Å². The van der Waals surface area contributed by atoms with Crippen molar-refractivity contribution >= 4 is 33.5 Å². The molecule has 7 heteroatoms. The van der Waals surface area contributed by atoms with E-state index < -0.39 is 12.0 Å². The molecule has 0 aromatic heterocycles. The summed E-state index contributed by atoms with van der Waals surface area (Å²) in [6, 6.07) is 4.84. The number of anilines is 1. The van der Waals surface area contributed by atoms with Gasteiger partial charge in [0.2, 0.25) is 5.91 Å². The van der Waals surface area contributed by atoms with Gasteiger partial charge in [0.05, 0.1) is 25.4 Å². The number of ether oxygens (including phenoxy) is 1. The van der Waals surface area contributed by atoms with Gasteiger partial charge >= 0.3 is 5.97 Å². The predicted molar refractivity (Wildman–Crippen MR) is 81.3 cm³/mol. The van der Waals surface area contributed by atoms with E-state index in [1.807, 2.05) is 25.1 Å². The largest absolute Gasteiger partial charge is 0.480 e. The van der Waals surface area contributed by atoms with Gasteiger partial charge in [-0.3, -0.25) is 14.5 Å². The van der Waals surface area contributed by atoms with Crippen LogP contribution in [-0.4, -0.2) is 54.2 Å². The number of benzene rings is 1. The molecule has 1 saturated heterocycles. The van der Waals surface area contributed by atoms with E-state index in [-0.39, 0.29) is 19.1 Å². The molecule has 1 unspecified atom stereocenters. The van der Waals surface area contributed by atoms with E-state index in [0.717, 1.165) is 10.0 Å². The standard InChI is InChI=1S/C14H17BrN2O4/c1-9-2-3-11(10(15)6-9)16-13(18)7-17-4-5-21-8-12(17)14(19)20/h2-3,6,12H,4-5,7-8H2,1H3,(H,16,18)(H,19,20). The molecule has 1 aliphatic heterocycles. The molecule has 0 aliphatic carbocycles. The van der Waals surface area contributed by atoms with Gasteiger partial charge in [0.15, 0.2) is 0 Å². The fourth-order valence-electron chi connectivity index (χ4n) is 2.15. The number of aliphatic carboxylic acids is 1. The van der Waals surface area contributed by atoms with Crippen LogP contribution in [0.3, 0.4) is 0 Å². The van der Waals surface area contributed by atoms with Gasteiger partial charge in [0, 0.05) is 11.0 Å². The second kappa shape index (κ2) is 7.02. The molecule has 2 rings (SSSR count). The van der Waals surface area contributed by atoms with Gasteiger partial charge in [0.25, 0.3) is 0 Å². The Morgan fingerprint density at radius 2 is 2.29 bits per heavy atom. The molecule has 21 heavy (non-hydrogen) atoms. The number of rotatable bonds is 4. The molecular weight excluding hydrogens is 340 g/mol. The minimum atomic E-state index is -0.973. The molecule has 1 aliphatic rings. The summed E-state index contributed by atoms with van der Waals surface area (Å²) in [6.07, 6.45) is 0. The maximum atomic E-state index is 12.1. The number of morpholine rings is 1. The lowest BCUT2D eigenvalue weighted by molar-refractivity contribution is -0.150. The van der Waals surface area contributed by atoms with Crippen LogP contribution >= 0.6 is 15.9 Å². The van der Waals surface area contributed by atoms with E-state index in [4.69, 9.17) is 9.84 Å². The zero-order valence-electron chi connectivity index (χ0n) is 11.6. The number of nitrogens with one attached hydrogen (secondary N) is 1. The Morgan fingerprint density at radius 1 is 1.52 bits per heavy atom. The van der Waals surface area contributed by atoms with Crippen molar-refractivity contribution in [1.82, 2.24) is 4.90 Å². The number of carbonyl (C=O) groups is 2. The quantitative estimate of drug-likeness (QED) is 0.854. The summed E-state index contributed by atoms with van der Waals surface area (Å²) in [4.78, 5) is 24.8. The third-order valence-corrected chi connectivity index (χ3v) is 3.93. The number of halogens is 1. The van der Waals surface area contributed by atoms with Crippen molar-refractivity contribution in [2.24, 2.45) is 0 Å². The topological polar surface area (TPSA) is 78.9 Å². The zero-order chi connectivity index (χ0) is 15.4. The molecule has 0 bridgehead atoms. The first-order valence-electron chi connectivity index (χ1n) is 6.58. The normalized spacial score (nSPS) is 19.2. The number of carbonyl (C=O) groups excluding carboxylic acids is 1. The molecule has 1 fully saturated rings. The minimum Gasteiger partial charge on any atom is -0.480 e. The lowest BCUT2D eigenvalue weighted by Gasteiger charge is -2.32. The number of hydrogen-bond acceptors (Lipinski definition) is 4. The third kappa shape index (κ3) is 4.26. The Balaban J connectivity index is 1.98. The highest BCUT2D eigenvalue weighted by Gasteiger charge is 2.30. The number of amides is 1. The number of carboxylic acid groups (broad SMARTS) is 1. The van der Waals surface area contributed by atoms with Gasteiger partial charge in [-0.25, -0.2) is 0 Å². The molecule has 0 radical (unpaired) electrons. The summed E-state index contributed by atoms with van der Waals surface area (Å²) < 4.78 is 5.94. The summed E-state index contributed by atoms with van der Waals surface area (Å²) in [5, 5.41) is 11.9. The maximum absolute atomic E-state index is 12.1. The minimum absolute atomic E-state index is 0.0284. The summed E-state index contributed by atoms with van der Waals surface area (Å²) in [6.45, 7) is 2.96. The van der Waals surface area contributed by atoms with Crippen LogP contribution in [0, 0.1) is 6.92 Å². The van der Waals surface area contributed by atoms with Crippen LogP contribution in [0.1, 0.15) is 5.56 Å². The molecular formula is C14H17BrN2O4. The molecule has 6 nitrogen and oxygen atoms in total. The molecule has 0 saturated carbocycles. The molecule has 1 atom stereocenters. The summed E-state index contributed by atoms with van der Waals surface area (Å²) in [5.74, 6) is -1.22. The van der Waals surface area contributed by atoms with Gasteiger partial charge in [-0.2, -0.15) is 0 Å². The van der Waals surface area contributed by atoms with Crippen LogP contribution in [0.25, 0.3) is 0 Å². The Bertz CT molecular complexity index is 550. The highest BCUT2D eigenvalue weighted by molar-refractivity contribution is 9.10. The SMILES string of the molecule is Cc1ccc(NC(=O)CN2CCOCC2C(=O)O)c(Br)c1. The smallest absolute Gasteiger partial charge is 0.323 e. The van der Waals surface area contributed by atoms with Crippen molar-refractivity contribution in [1.29, 1.82) is 0 Å². The van der Waals surface area contributed by atoms with Gasteiger partial charge in [-0.1, -0.05) is 6.07 Å². The molecule has 2 N–H and O–H groups in total. The number of aryl methyl sites for hydroxylation is 1. The Kier molecular flexibility index (Phi) is 5.33. The average molecular weight is 357 g/mol. The van der Waals surface area contributed by atoms with Crippen LogP contribution in [0.5, 0.6) is 0 Å². The Hall–Kier alpha value is -1.44. The van der Waals surface area contributed by atoms with Crippen molar-refractivity contribution in [2.45, 2.75) is 13.0 Å². The average Bonchev–Trinajstić information content (AvgIpc) is 2.42. The first-order valence-corrected chi connectivity index (χ1v) is 7.37. The Morgan fingerprint density at radius 3 is 2.95 bits per heavy atom. The third-order valence-electron chi connectivity index (χ3n) is 3.27. The van der Waals surface area contributed by atoms with Gasteiger partial charge < -0.3 is 15.2 Å². The van der Waals surface area contributed by atoms with Crippen molar-refractivity contribution < 1.29 is 19.4 Å². The summed E-state index contributed by atoms with van der Waals surface area (Å²) in [5.41, 5.74) is 1.75. The van der Waals surface area contributed by atoms with Crippen LogP contribution in [-0.2, 0) is 14.3 Å². The van der Waals surface area contributed by atoms with Crippen LogP contribution in [0.4, 0.5) is 5.69 Å². The van der Waals surface area contributed by atoms with Crippen LogP contribution in [0.15, 0.2) is 22.7 Å². The molecule has 1 heterocycles. The fraction of sp³-hybridized carbons (Fsp3) is 0.429. The van der Waals surface area contributed by atoms with Crippen LogP contribution in [0.2, 0.25) is 0 Å².